The van der Waals surface area contributed by atoms with Gasteiger partial charge in [0.2, 0.25) is 5.88 Å². The van der Waals surface area contributed by atoms with Gasteiger partial charge in [0.1, 0.15) is 12.1 Å². The third kappa shape index (κ3) is 2.53. The highest BCUT2D eigenvalue weighted by Gasteiger charge is 2.07. The molecule has 0 amide bonds. The average molecular weight is 293 g/mol. The van der Waals surface area contributed by atoms with Gasteiger partial charge in [-0.2, -0.15) is 0 Å². The number of H-pyrrole nitrogens is 1. The summed E-state index contributed by atoms with van der Waals surface area (Å²) in [7, 11) is 0. The fraction of sp³-hybridized carbons (Fsp3) is 0.0714. The standard InChI is InChI=1S/C14H10Cl2N2O/c15-11-2-1-10(12(16)7-11)8-19-14-13-9(3-5-17-13)4-6-18-14/h1-7,17H,8H2. The second-order valence-electron chi connectivity index (χ2n) is 4.08. The maximum absolute atomic E-state index is 6.10. The normalized spacial score (nSPS) is 10.8. The predicted octanol–water partition coefficient (Wildman–Crippen LogP) is 4.45. The molecule has 3 aromatic rings. The predicted molar refractivity (Wildman–Crippen MR) is 76.9 cm³/mol. The first-order valence-corrected chi connectivity index (χ1v) is 6.48. The molecule has 96 valence electrons. The fourth-order valence-corrected chi connectivity index (χ4v) is 2.31. The first-order chi connectivity index (χ1) is 9.24. The van der Waals surface area contributed by atoms with Gasteiger partial charge in [-0.15, -0.1) is 0 Å². The number of benzene rings is 1. The lowest BCUT2D eigenvalue weighted by molar-refractivity contribution is 0.297. The highest BCUT2D eigenvalue weighted by atomic mass is 35.5. The SMILES string of the molecule is Clc1ccc(COc2nccc3cc[nH]c23)c(Cl)c1. The molecule has 0 unspecified atom stereocenters. The summed E-state index contributed by atoms with van der Waals surface area (Å²) in [5, 5.41) is 2.26. The summed E-state index contributed by atoms with van der Waals surface area (Å²) in [6, 6.07) is 9.23. The Morgan fingerprint density at radius 1 is 1.16 bits per heavy atom. The van der Waals surface area contributed by atoms with E-state index in [0.29, 0.717) is 22.5 Å². The zero-order valence-corrected chi connectivity index (χ0v) is 11.4. The molecule has 19 heavy (non-hydrogen) atoms. The van der Waals surface area contributed by atoms with Crippen molar-refractivity contribution in [1.29, 1.82) is 0 Å². The van der Waals surface area contributed by atoms with Crippen LogP contribution in [0.1, 0.15) is 5.56 Å². The maximum Gasteiger partial charge on any atom is 0.238 e. The van der Waals surface area contributed by atoms with E-state index in [0.717, 1.165) is 16.5 Å². The Bertz CT molecular complexity index is 724. The van der Waals surface area contributed by atoms with E-state index in [1.807, 2.05) is 24.4 Å². The molecule has 0 bridgehead atoms. The molecule has 0 saturated carbocycles. The summed E-state index contributed by atoms with van der Waals surface area (Å²) in [5.41, 5.74) is 1.75. The molecule has 2 heterocycles. The highest BCUT2D eigenvalue weighted by molar-refractivity contribution is 6.35. The number of pyridine rings is 1. The summed E-state index contributed by atoms with van der Waals surface area (Å²) in [5.74, 6) is 0.563. The van der Waals surface area contributed by atoms with E-state index >= 15 is 0 Å². The molecule has 0 aliphatic carbocycles. The minimum Gasteiger partial charge on any atom is -0.471 e. The van der Waals surface area contributed by atoms with Crippen LogP contribution in [0.3, 0.4) is 0 Å². The van der Waals surface area contributed by atoms with Crippen molar-refractivity contribution in [1.82, 2.24) is 9.97 Å². The lowest BCUT2D eigenvalue weighted by Gasteiger charge is -2.08. The minimum absolute atomic E-state index is 0.348. The van der Waals surface area contributed by atoms with Gasteiger partial charge in [0.15, 0.2) is 0 Å². The van der Waals surface area contributed by atoms with Crippen molar-refractivity contribution in [3.63, 3.8) is 0 Å². The number of halogens is 2. The smallest absolute Gasteiger partial charge is 0.238 e. The number of aromatic amines is 1. The largest absolute Gasteiger partial charge is 0.471 e. The number of fused-ring (bicyclic) bond motifs is 1. The third-order valence-corrected chi connectivity index (χ3v) is 3.41. The molecule has 0 aliphatic heterocycles. The van der Waals surface area contributed by atoms with Gasteiger partial charge in [0, 0.05) is 33.4 Å². The second kappa shape index (κ2) is 5.11. The van der Waals surface area contributed by atoms with Crippen molar-refractivity contribution < 1.29 is 4.74 Å². The molecule has 0 fully saturated rings. The van der Waals surface area contributed by atoms with Gasteiger partial charge in [-0.1, -0.05) is 29.3 Å². The number of nitrogens with zero attached hydrogens (tertiary/aromatic N) is 1. The maximum atomic E-state index is 6.10. The van der Waals surface area contributed by atoms with Gasteiger partial charge < -0.3 is 9.72 Å². The molecule has 0 radical (unpaired) electrons. The second-order valence-corrected chi connectivity index (χ2v) is 4.93. The monoisotopic (exact) mass is 292 g/mol. The Balaban J connectivity index is 1.84. The van der Waals surface area contributed by atoms with Crippen molar-refractivity contribution >= 4 is 34.1 Å². The number of aromatic nitrogens is 2. The first kappa shape index (κ1) is 12.3. The molecule has 0 atom stereocenters. The zero-order valence-electron chi connectivity index (χ0n) is 9.86. The number of rotatable bonds is 3. The molecule has 0 aliphatic rings. The summed E-state index contributed by atoms with van der Waals surface area (Å²) in [6.45, 7) is 0.348. The van der Waals surface area contributed by atoms with E-state index in [2.05, 4.69) is 9.97 Å². The van der Waals surface area contributed by atoms with Gasteiger partial charge in [-0.05, 0) is 24.3 Å². The number of ether oxygens (including phenoxy) is 1. The minimum atomic E-state index is 0.348. The molecule has 5 heteroatoms. The van der Waals surface area contributed by atoms with Gasteiger partial charge >= 0.3 is 0 Å². The van der Waals surface area contributed by atoms with E-state index in [-0.39, 0.29) is 0 Å². The van der Waals surface area contributed by atoms with E-state index in [1.165, 1.54) is 0 Å². The molecule has 1 N–H and O–H groups in total. The van der Waals surface area contributed by atoms with E-state index < -0.39 is 0 Å². The van der Waals surface area contributed by atoms with Crippen molar-refractivity contribution in [3.05, 3.63) is 58.3 Å². The number of nitrogens with one attached hydrogen (secondary N) is 1. The Morgan fingerprint density at radius 2 is 2.05 bits per heavy atom. The summed E-state index contributed by atoms with van der Waals surface area (Å²) < 4.78 is 5.71. The fourth-order valence-electron chi connectivity index (χ4n) is 1.85. The molecular weight excluding hydrogens is 283 g/mol. The summed E-state index contributed by atoms with van der Waals surface area (Å²) in [4.78, 5) is 7.33. The van der Waals surface area contributed by atoms with Crippen LogP contribution in [0, 0.1) is 0 Å². The molecule has 0 spiro atoms. The van der Waals surface area contributed by atoms with Crippen LogP contribution in [-0.4, -0.2) is 9.97 Å². The third-order valence-electron chi connectivity index (χ3n) is 2.82. The molecule has 3 nitrogen and oxygen atoms in total. The molecule has 1 aromatic carbocycles. The van der Waals surface area contributed by atoms with Crippen LogP contribution in [0.25, 0.3) is 10.9 Å². The molecule has 0 saturated heterocycles. The van der Waals surface area contributed by atoms with Gasteiger partial charge in [-0.25, -0.2) is 4.98 Å². The van der Waals surface area contributed by atoms with Crippen LogP contribution < -0.4 is 4.74 Å². The van der Waals surface area contributed by atoms with Crippen molar-refractivity contribution in [2.24, 2.45) is 0 Å². The van der Waals surface area contributed by atoms with Crippen molar-refractivity contribution in [2.45, 2.75) is 6.61 Å². The Hall–Kier alpha value is -1.71. The van der Waals surface area contributed by atoms with E-state index in [1.54, 1.807) is 18.3 Å². The van der Waals surface area contributed by atoms with Crippen molar-refractivity contribution in [3.8, 4) is 5.88 Å². The zero-order chi connectivity index (χ0) is 13.2. The van der Waals surface area contributed by atoms with Crippen LogP contribution >= 0.6 is 23.2 Å². The van der Waals surface area contributed by atoms with Crippen LogP contribution in [0.15, 0.2) is 42.7 Å². The first-order valence-electron chi connectivity index (χ1n) is 5.73. The molecule has 2 aromatic heterocycles. The van der Waals surface area contributed by atoms with Gasteiger partial charge in [-0.3, -0.25) is 0 Å². The van der Waals surface area contributed by atoms with Crippen LogP contribution in [0.5, 0.6) is 5.88 Å². The summed E-state index contributed by atoms with van der Waals surface area (Å²) >= 11 is 12.0. The Labute approximate surface area is 120 Å². The van der Waals surface area contributed by atoms with Crippen LogP contribution in [0.4, 0.5) is 0 Å². The topological polar surface area (TPSA) is 37.9 Å². The van der Waals surface area contributed by atoms with Crippen LogP contribution in [-0.2, 0) is 6.61 Å². The van der Waals surface area contributed by atoms with Gasteiger partial charge in [0.05, 0.1) is 0 Å². The van der Waals surface area contributed by atoms with E-state index in [4.69, 9.17) is 27.9 Å². The van der Waals surface area contributed by atoms with Gasteiger partial charge in [0.25, 0.3) is 0 Å². The average Bonchev–Trinajstić information content (AvgIpc) is 2.86. The summed E-state index contributed by atoms with van der Waals surface area (Å²) in [6.07, 6.45) is 3.57. The quantitative estimate of drug-likeness (QED) is 0.774. The van der Waals surface area contributed by atoms with Crippen LogP contribution in [0.2, 0.25) is 10.0 Å². The van der Waals surface area contributed by atoms with Crippen molar-refractivity contribution in [2.75, 3.05) is 0 Å². The van der Waals surface area contributed by atoms with E-state index in [9.17, 15) is 0 Å². The Kier molecular flexibility index (Phi) is 3.32. The number of hydrogen-bond donors (Lipinski definition) is 1. The lowest BCUT2D eigenvalue weighted by Crippen LogP contribution is -1.98. The molecular formula is C14H10Cl2N2O. The Morgan fingerprint density at radius 3 is 2.89 bits per heavy atom. The lowest BCUT2D eigenvalue weighted by atomic mass is 10.2. The number of hydrogen-bond acceptors (Lipinski definition) is 2. The highest BCUT2D eigenvalue weighted by Crippen LogP contribution is 2.25. The molecule has 3 rings (SSSR count).